The Morgan fingerprint density at radius 2 is 1.27 bits per heavy atom. The average molecular weight is 413 g/mol. The second-order valence-corrected chi connectivity index (χ2v) is 10.7. The number of hydrogen-bond acceptors (Lipinski definition) is 3. The number of guanidine groups is 1. The highest BCUT2D eigenvalue weighted by molar-refractivity contribution is 7.07. The molecular weight excluding hydrogens is 388 g/mol. The monoisotopic (exact) mass is 412 g/mol. The van der Waals surface area contributed by atoms with E-state index in [1.54, 1.807) is 0 Å². The van der Waals surface area contributed by atoms with Crippen molar-refractivity contribution in [3.05, 3.63) is 91.0 Å². The molecule has 0 aromatic heterocycles. The average Bonchev–Trinajstić information content (AvgIpc) is 3.09. The lowest BCUT2D eigenvalue weighted by Crippen LogP contribution is -2.68. The van der Waals surface area contributed by atoms with E-state index in [0.717, 1.165) is 15.6 Å². The zero-order valence-corrected chi connectivity index (χ0v) is 18.1. The molecule has 5 nitrogen and oxygen atoms in total. The molecule has 1 unspecified atom stereocenters. The van der Waals surface area contributed by atoms with Gasteiger partial charge in [0, 0.05) is 14.1 Å². The van der Waals surface area contributed by atoms with Crippen LogP contribution in [0.4, 0.5) is 0 Å². The van der Waals surface area contributed by atoms with Crippen LogP contribution in [-0.2, 0) is 4.53 Å². The normalized spacial score (nSPS) is 17.8. The van der Waals surface area contributed by atoms with E-state index < -0.39 is 8.32 Å². The number of hydrogen-bond donors (Lipinski definition) is 0. The van der Waals surface area contributed by atoms with Gasteiger partial charge in [-0.2, -0.15) is 5.26 Å². The fraction of sp³-hybridized carbons (Fsp3) is 0.167. The Kier molecular flexibility index (Phi) is 5.55. The molecule has 1 saturated heterocycles. The van der Waals surface area contributed by atoms with Crippen molar-refractivity contribution in [3.63, 3.8) is 0 Å². The fourth-order valence-electron chi connectivity index (χ4n) is 3.92. The number of oxime groups is 1. The second-order valence-electron chi connectivity index (χ2n) is 7.40. The second kappa shape index (κ2) is 8.43. The van der Waals surface area contributed by atoms with E-state index in [-0.39, 0.29) is 6.04 Å². The Labute approximate surface area is 178 Å². The molecular formula is C24H24N4OSi. The highest BCUT2D eigenvalue weighted by Gasteiger charge is 2.45. The zero-order valence-electron chi connectivity index (χ0n) is 17.1. The molecule has 3 aromatic rings. The number of likely N-dealkylation sites (N-methyl/N-ethyl adjacent to an activating group) is 2. The third-order valence-corrected chi connectivity index (χ3v) is 9.33. The van der Waals surface area contributed by atoms with Gasteiger partial charge >= 0.3 is 8.32 Å². The van der Waals surface area contributed by atoms with Crippen LogP contribution >= 0.6 is 0 Å². The predicted octanol–water partition coefficient (Wildman–Crippen LogP) is 1.71. The van der Waals surface area contributed by atoms with Crippen molar-refractivity contribution in [1.82, 2.24) is 9.80 Å². The van der Waals surface area contributed by atoms with Crippen molar-refractivity contribution >= 4 is 29.8 Å². The van der Waals surface area contributed by atoms with Crippen LogP contribution in [0.2, 0.25) is 0 Å². The number of rotatable bonds is 5. The fourth-order valence-corrected chi connectivity index (χ4v) is 7.44. The van der Waals surface area contributed by atoms with Gasteiger partial charge in [0.25, 0.3) is 0 Å². The first-order valence-electron chi connectivity index (χ1n) is 9.93. The predicted molar refractivity (Wildman–Crippen MR) is 122 cm³/mol. The van der Waals surface area contributed by atoms with Crippen LogP contribution < -0.4 is 15.6 Å². The van der Waals surface area contributed by atoms with Crippen molar-refractivity contribution < 1.29 is 4.53 Å². The molecule has 1 aliphatic rings. The zero-order chi connectivity index (χ0) is 21.0. The third kappa shape index (κ3) is 3.44. The van der Waals surface area contributed by atoms with Crippen molar-refractivity contribution in [3.8, 4) is 6.07 Å². The maximum Gasteiger partial charge on any atom is 0.380 e. The summed E-state index contributed by atoms with van der Waals surface area (Å²) in [5, 5.41) is 17.4. The van der Waals surface area contributed by atoms with Crippen molar-refractivity contribution in [2.24, 2.45) is 5.16 Å². The summed E-state index contributed by atoms with van der Waals surface area (Å²) in [5.74, 6) is 0.668. The maximum atomic E-state index is 9.43. The number of nitriles is 1. The van der Waals surface area contributed by atoms with Gasteiger partial charge in [-0.25, -0.2) is 0 Å². The topological polar surface area (TPSA) is 51.9 Å². The molecule has 4 rings (SSSR count). The molecule has 0 N–H and O–H groups in total. The van der Waals surface area contributed by atoms with E-state index in [4.69, 9.17) is 4.53 Å². The largest absolute Gasteiger partial charge is 0.435 e. The molecule has 0 saturated carbocycles. The van der Waals surface area contributed by atoms with Crippen molar-refractivity contribution in [2.75, 3.05) is 20.6 Å². The summed E-state index contributed by atoms with van der Waals surface area (Å²) in [6.07, 6.45) is 0. The first-order valence-corrected chi connectivity index (χ1v) is 11.8. The minimum absolute atomic E-state index is 0.237. The first kappa shape index (κ1) is 19.7. The van der Waals surface area contributed by atoms with Gasteiger partial charge < -0.3 is 14.3 Å². The van der Waals surface area contributed by atoms with Gasteiger partial charge in [0.1, 0.15) is 6.04 Å². The highest BCUT2D eigenvalue weighted by Crippen LogP contribution is 2.15. The highest BCUT2D eigenvalue weighted by atomic mass is 28.4. The van der Waals surface area contributed by atoms with Gasteiger partial charge in [-0.1, -0.05) is 96.2 Å². The summed E-state index contributed by atoms with van der Waals surface area (Å²) in [6, 6.07) is 33.1. The Morgan fingerprint density at radius 1 is 0.833 bits per heavy atom. The van der Waals surface area contributed by atoms with Crippen molar-refractivity contribution in [1.29, 1.82) is 5.26 Å². The molecule has 0 radical (unpaired) electrons. The lowest BCUT2D eigenvalue weighted by atomic mass is 10.3. The van der Waals surface area contributed by atoms with Gasteiger partial charge in [-0.05, 0) is 15.6 Å². The summed E-state index contributed by atoms with van der Waals surface area (Å²) in [4.78, 5) is 3.84. The smallest absolute Gasteiger partial charge is 0.380 e. The summed E-state index contributed by atoms with van der Waals surface area (Å²) in [7, 11) is 0.916. The van der Waals surface area contributed by atoms with Crippen LogP contribution in [0.15, 0.2) is 96.2 Å². The molecule has 0 bridgehead atoms. The molecule has 150 valence electrons. The molecule has 0 spiro atoms. The Balaban J connectivity index is 1.90. The van der Waals surface area contributed by atoms with Crippen LogP contribution in [-0.4, -0.2) is 50.8 Å². The molecule has 0 aliphatic carbocycles. The number of nitrogens with zero attached hydrogens (tertiary/aromatic N) is 4. The van der Waals surface area contributed by atoms with Gasteiger partial charge in [0.05, 0.1) is 12.6 Å². The molecule has 0 amide bonds. The minimum atomic E-state index is -2.91. The molecule has 1 heterocycles. The van der Waals surface area contributed by atoms with Crippen LogP contribution in [0.3, 0.4) is 0 Å². The Morgan fingerprint density at radius 3 is 1.63 bits per heavy atom. The van der Waals surface area contributed by atoms with Gasteiger partial charge in [-0.3, -0.25) is 0 Å². The first-order chi connectivity index (χ1) is 14.7. The van der Waals surface area contributed by atoms with Gasteiger partial charge in [-0.15, -0.1) is 0 Å². The standard InChI is InChI=1S/C24H24N4OSi/c1-27-19-20(18-25)28(2)24(27)26-29-30(21-12-6-3-7-13-21,22-14-8-4-9-15-22)23-16-10-5-11-17-23/h3-17,20H,19H2,1-2H3/b26-24+. The molecule has 1 atom stereocenters. The van der Waals surface area contributed by atoms with Crippen LogP contribution in [0.25, 0.3) is 0 Å². The van der Waals surface area contributed by atoms with Crippen molar-refractivity contribution in [2.45, 2.75) is 6.04 Å². The van der Waals surface area contributed by atoms with E-state index >= 15 is 0 Å². The van der Waals surface area contributed by atoms with Gasteiger partial charge in [0.15, 0.2) is 0 Å². The van der Waals surface area contributed by atoms with E-state index in [1.807, 2.05) is 78.5 Å². The SMILES string of the molecule is CN1CC(C#N)N(C)/C1=N/O[Si](c1ccccc1)(c1ccccc1)c1ccccc1. The van der Waals surface area contributed by atoms with Crippen LogP contribution in [0.1, 0.15) is 0 Å². The Hall–Kier alpha value is -3.56. The van der Waals surface area contributed by atoms with Crippen LogP contribution in [0.5, 0.6) is 0 Å². The summed E-state index contributed by atoms with van der Waals surface area (Å²) < 4.78 is 6.64. The molecule has 30 heavy (non-hydrogen) atoms. The third-order valence-electron chi connectivity index (χ3n) is 5.53. The van der Waals surface area contributed by atoms with Crippen LogP contribution in [0, 0.1) is 11.3 Å². The Bertz CT molecular complexity index is 954. The number of benzene rings is 3. The maximum absolute atomic E-state index is 9.43. The van der Waals surface area contributed by atoms with E-state index in [9.17, 15) is 5.26 Å². The van der Waals surface area contributed by atoms with E-state index in [0.29, 0.717) is 12.5 Å². The van der Waals surface area contributed by atoms with E-state index in [2.05, 4.69) is 47.6 Å². The summed E-state index contributed by atoms with van der Waals surface area (Å²) in [5.41, 5.74) is 0. The quantitative estimate of drug-likeness (QED) is 0.364. The molecule has 1 aliphatic heterocycles. The minimum Gasteiger partial charge on any atom is -0.435 e. The van der Waals surface area contributed by atoms with E-state index in [1.165, 1.54) is 0 Å². The summed E-state index contributed by atoms with van der Waals surface area (Å²) in [6.45, 7) is 0.603. The lowest BCUT2D eigenvalue weighted by Gasteiger charge is -2.31. The lowest BCUT2D eigenvalue weighted by molar-refractivity contribution is 0.328. The molecule has 1 fully saturated rings. The molecule has 6 heteroatoms. The molecule has 3 aromatic carbocycles. The summed E-state index contributed by atoms with van der Waals surface area (Å²) >= 11 is 0. The van der Waals surface area contributed by atoms with Gasteiger partial charge in [0.2, 0.25) is 5.96 Å².